The maximum absolute atomic E-state index is 15.2. The van der Waals surface area contributed by atoms with Gasteiger partial charge in [0.05, 0.1) is 36.0 Å². The molecule has 226 valence electrons. The van der Waals surface area contributed by atoms with E-state index in [-0.39, 0.29) is 18.6 Å². The molecule has 11 nitrogen and oxygen atoms in total. The van der Waals surface area contributed by atoms with Crippen molar-refractivity contribution in [2.45, 2.75) is 38.7 Å². The number of nitrogens with one attached hydrogen (secondary N) is 3. The number of hydrogen-bond acceptors (Lipinski definition) is 8. The first-order valence-corrected chi connectivity index (χ1v) is 14.6. The predicted octanol–water partition coefficient (Wildman–Crippen LogP) is 2.55. The number of anilines is 3. The van der Waals surface area contributed by atoms with Gasteiger partial charge in [0.15, 0.2) is 0 Å². The standard InChI is InChI=1S/C29H38FN7O4S/c1-2-27(42)32-17-23-19-37(29(40)41-23)22-10-11-25(24(30)16-22)35-12-14-36(15-13-35)28(39)5-3-4-20-6-8-21(9-7-20)34-33-18-26(31)38/h6-11,16,23,33-34H,2-5,12-15,17-19H2,1H3,(H2,31,38)(H,32,42)/t23-/m0/s1. The van der Waals surface area contributed by atoms with Crippen LogP contribution in [0.15, 0.2) is 42.5 Å². The van der Waals surface area contributed by atoms with Gasteiger partial charge in [0.25, 0.3) is 0 Å². The summed E-state index contributed by atoms with van der Waals surface area (Å²) in [6, 6.07) is 12.5. The van der Waals surface area contributed by atoms with Crippen molar-refractivity contribution in [3.05, 3.63) is 53.8 Å². The number of benzene rings is 2. The molecule has 0 unspecified atom stereocenters. The van der Waals surface area contributed by atoms with Crippen LogP contribution in [-0.2, 0) is 20.7 Å². The molecule has 2 aliphatic heterocycles. The summed E-state index contributed by atoms with van der Waals surface area (Å²) in [5, 5.41) is 3.07. The molecule has 5 N–H and O–H groups in total. The van der Waals surface area contributed by atoms with Crippen molar-refractivity contribution < 1.29 is 23.5 Å². The number of carbonyl (C=O) groups excluding carboxylic acids is 3. The molecule has 13 heteroatoms. The van der Waals surface area contributed by atoms with Gasteiger partial charge in [-0.25, -0.2) is 14.6 Å². The third-order valence-corrected chi connectivity index (χ3v) is 7.68. The number of hydrazine groups is 1. The van der Waals surface area contributed by atoms with E-state index in [0.717, 1.165) is 24.1 Å². The van der Waals surface area contributed by atoms with Crippen LogP contribution in [0.3, 0.4) is 0 Å². The van der Waals surface area contributed by atoms with Crippen LogP contribution < -0.4 is 31.7 Å². The number of primary amides is 1. The van der Waals surface area contributed by atoms with E-state index >= 15 is 4.39 Å². The maximum atomic E-state index is 15.2. The van der Waals surface area contributed by atoms with Gasteiger partial charge >= 0.3 is 6.09 Å². The van der Waals surface area contributed by atoms with E-state index < -0.39 is 17.8 Å². The van der Waals surface area contributed by atoms with Gasteiger partial charge in [-0.1, -0.05) is 31.3 Å². The molecule has 2 aromatic carbocycles. The van der Waals surface area contributed by atoms with E-state index in [2.05, 4.69) is 16.2 Å². The van der Waals surface area contributed by atoms with Crippen LogP contribution in [-0.4, -0.2) is 79.7 Å². The third kappa shape index (κ3) is 8.52. The quantitative estimate of drug-likeness (QED) is 0.203. The number of hydrogen-bond donors (Lipinski definition) is 4. The predicted molar refractivity (Wildman–Crippen MR) is 164 cm³/mol. The van der Waals surface area contributed by atoms with Gasteiger partial charge < -0.3 is 31.0 Å². The Morgan fingerprint density at radius 2 is 1.86 bits per heavy atom. The van der Waals surface area contributed by atoms with Crippen LogP contribution in [0.2, 0.25) is 0 Å². The smallest absolute Gasteiger partial charge is 0.414 e. The average molecular weight is 600 g/mol. The second kappa shape index (κ2) is 14.8. The topological polar surface area (TPSA) is 132 Å². The second-order valence-electron chi connectivity index (χ2n) is 10.3. The summed E-state index contributed by atoms with van der Waals surface area (Å²) in [5.41, 5.74) is 13.6. The van der Waals surface area contributed by atoms with Crippen LogP contribution in [0, 0.1) is 5.82 Å². The Labute approximate surface area is 250 Å². The molecular formula is C29H38FN7O4S. The molecule has 2 fully saturated rings. The molecule has 0 saturated carbocycles. The molecule has 2 saturated heterocycles. The number of ether oxygens (including phenoxy) is 1. The first kappa shape index (κ1) is 31.0. The van der Waals surface area contributed by atoms with Crippen LogP contribution in [0.5, 0.6) is 0 Å². The Balaban J connectivity index is 1.20. The number of aryl methyl sites for hydroxylation is 1. The summed E-state index contributed by atoms with van der Waals surface area (Å²) in [6.07, 6.45) is 1.78. The highest BCUT2D eigenvalue weighted by Crippen LogP contribution is 2.28. The van der Waals surface area contributed by atoms with E-state index in [1.165, 1.54) is 11.0 Å². The lowest BCUT2D eigenvalue weighted by Crippen LogP contribution is -2.49. The Morgan fingerprint density at radius 3 is 2.52 bits per heavy atom. The van der Waals surface area contributed by atoms with Crippen molar-refractivity contribution in [2.75, 3.05) is 61.0 Å². The number of nitrogens with zero attached hydrogens (tertiary/aromatic N) is 3. The van der Waals surface area contributed by atoms with E-state index in [4.69, 9.17) is 22.7 Å². The monoisotopic (exact) mass is 599 g/mol. The first-order valence-electron chi connectivity index (χ1n) is 14.2. The summed E-state index contributed by atoms with van der Waals surface area (Å²) in [6.45, 7) is 4.80. The zero-order valence-electron chi connectivity index (χ0n) is 23.7. The van der Waals surface area contributed by atoms with Crippen molar-refractivity contribution in [3.8, 4) is 0 Å². The molecule has 4 rings (SSSR count). The minimum absolute atomic E-state index is 0.0322. The third-order valence-electron chi connectivity index (χ3n) is 7.24. The van der Waals surface area contributed by atoms with E-state index in [1.54, 1.807) is 12.1 Å². The largest absolute Gasteiger partial charge is 0.442 e. The number of piperazine rings is 1. The van der Waals surface area contributed by atoms with Crippen LogP contribution in [0.1, 0.15) is 31.7 Å². The highest BCUT2D eigenvalue weighted by Gasteiger charge is 2.33. The second-order valence-corrected chi connectivity index (χ2v) is 10.8. The average Bonchev–Trinajstić information content (AvgIpc) is 3.36. The lowest BCUT2D eigenvalue weighted by molar-refractivity contribution is -0.131. The molecule has 3 amide bonds. The number of amides is 3. The molecule has 0 bridgehead atoms. The Bertz CT molecular complexity index is 1270. The van der Waals surface area contributed by atoms with Crippen molar-refractivity contribution in [2.24, 2.45) is 5.73 Å². The van der Waals surface area contributed by atoms with Gasteiger partial charge in [0.2, 0.25) is 11.8 Å². The number of nitrogens with two attached hydrogens (primary N) is 1. The van der Waals surface area contributed by atoms with Gasteiger partial charge in [0.1, 0.15) is 11.9 Å². The lowest BCUT2D eigenvalue weighted by atomic mass is 10.1. The van der Waals surface area contributed by atoms with E-state index in [9.17, 15) is 14.4 Å². The summed E-state index contributed by atoms with van der Waals surface area (Å²) in [4.78, 5) is 41.8. The molecule has 0 aromatic heterocycles. The number of rotatable bonds is 13. The molecule has 0 radical (unpaired) electrons. The van der Waals surface area contributed by atoms with Crippen molar-refractivity contribution in [3.63, 3.8) is 0 Å². The number of cyclic esters (lactones) is 1. The Hall–Kier alpha value is -3.97. The highest BCUT2D eigenvalue weighted by atomic mass is 32.1. The Morgan fingerprint density at radius 1 is 1.12 bits per heavy atom. The Kier molecular flexibility index (Phi) is 10.9. The molecular weight excluding hydrogens is 561 g/mol. The molecule has 42 heavy (non-hydrogen) atoms. The summed E-state index contributed by atoms with van der Waals surface area (Å²) >= 11 is 5.16. The van der Waals surface area contributed by atoms with Crippen molar-refractivity contribution in [1.82, 2.24) is 15.6 Å². The minimum atomic E-state index is -0.508. The maximum Gasteiger partial charge on any atom is 0.414 e. The fourth-order valence-electron chi connectivity index (χ4n) is 4.90. The zero-order chi connectivity index (χ0) is 30.1. The molecule has 2 aliphatic rings. The van der Waals surface area contributed by atoms with Crippen LogP contribution in [0.4, 0.5) is 26.2 Å². The summed E-state index contributed by atoms with van der Waals surface area (Å²) in [7, 11) is 0. The summed E-state index contributed by atoms with van der Waals surface area (Å²) in [5.74, 6) is -0.774. The zero-order valence-corrected chi connectivity index (χ0v) is 24.6. The van der Waals surface area contributed by atoms with Gasteiger partial charge in [-0.3, -0.25) is 14.5 Å². The highest BCUT2D eigenvalue weighted by molar-refractivity contribution is 7.80. The number of thiocarbonyl (C=S) groups is 1. The van der Waals surface area contributed by atoms with Gasteiger partial charge in [-0.15, -0.1) is 0 Å². The number of halogens is 1. The van der Waals surface area contributed by atoms with E-state index in [0.29, 0.717) is 68.5 Å². The minimum Gasteiger partial charge on any atom is -0.442 e. The van der Waals surface area contributed by atoms with Crippen LogP contribution >= 0.6 is 12.2 Å². The summed E-state index contributed by atoms with van der Waals surface area (Å²) < 4.78 is 20.6. The van der Waals surface area contributed by atoms with Gasteiger partial charge in [-0.05, 0) is 55.2 Å². The SMILES string of the molecule is CCC(=S)NC[C@H]1CN(c2ccc(N3CCN(C(=O)CCCc4ccc(NNCC(N)=O)cc4)CC3)c(F)c2)C(=O)O1. The molecule has 2 heterocycles. The normalized spacial score (nSPS) is 16.8. The molecule has 0 aliphatic carbocycles. The lowest BCUT2D eigenvalue weighted by Gasteiger charge is -2.36. The fourth-order valence-corrected chi connectivity index (χ4v) is 4.98. The van der Waals surface area contributed by atoms with E-state index in [1.807, 2.05) is 41.0 Å². The fraction of sp³-hybridized carbons (Fsp3) is 0.448. The molecule has 1 atom stereocenters. The van der Waals surface area contributed by atoms with Gasteiger partial charge in [-0.2, -0.15) is 0 Å². The van der Waals surface area contributed by atoms with Crippen LogP contribution in [0.25, 0.3) is 0 Å². The molecule has 0 spiro atoms. The van der Waals surface area contributed by atoms with Crippen molar-refractivity contribution in [1.29, 1.82) is 0 Å². The molecule has 2 aromatic rings. The van der Waals surface area contributed by atoms with Crippen molar-refractivity contribution >= 4 is 52.2 Å². The van der Waals surface area contributed by atoms with Gasteiger partial charge in [0, 0.05) is 38.3 Å². The number of carbonyl (C=O) groups is 3. The first-order chi connectivity index (χ1) is 20.2.